The van der Waals surface area contributed by atoms with Gasteiger partial charge in [-0.3, -0.25) is 4.79 Å². The second-order valence-electron chi connectivity index (χ2n) is 3.52. The van der Waals surface area contributed by atoms with E-state index in [1.165, 1.54) is 0 Å². The van der Waals surface area contributed by atoms with Crippen LogP contribution >= 0.6 is 0 Å². The highest BCUT2D eigenvalue weighted by Crippen LogP contribution is 2.42. The zero-order chi connectivity index (χ0) is 10.4. The standard InChI is InChI=1S/C10H18O4/c1-3-12-9(11)10(6-5-7-10)8-14-13-4-2/h3-8H2,1-2H3. The second-order valence-corrected chi connectivity index (χ2v) is 3.52. The van der Waals surface area contributed by atoms with Crippen molar-refractivity contribution in [2.75, 3.05) is 19.8 Å². The maximum atomic E-state index is 11.6. The summed E-state index contributed by atoms with van der Waals surface area (Å²) < 4.78 is 5.01. The Hall–Kier alpha value is -0.610. The van der Waals surface area contributed by atoms with E-state index in [1.54, 1.807) is 0 Å². The lowest BCUT2D eigenvalue weighted by molar-refractivity contribution is -0.311. The van der Waals surface area contributed by atoms with Crippen LogP contribution in [0.4, 0.5) is 0 Å². The minimum atomic E-state index is -0.425. The number of carbonyl (C=O) groups excluding carboxylic acids is 1. The monoisotopic (exact) mass is 202 g/mol. The molecular formula is C10H18O4. The highest BCUT2D eigenvalue weighted by atomic mass is 17.2. The molecule has 14 heavy (non-hydrogen) atoms. The van der Waals surface area contributed by atoms with Crippen LogP contribution in [0.25, 0.3) is 0 Å². The van der Waals surface area contributed by atoms with Crippen LogP contribution in [0.5, 0.6) is 0 Å². The third-order valence-electron chi connectivity index (χ3n) is 2.56. The predicted octanol–water partition coefficient (Wildman–Crippen LogP) is 1.69. The fourth-order valence-corrected chi connectivity index (χ4v) is 1.53. The van der Waals surface area contributed by atoms with E-state index in [-0.39, 0.29) is 5.97 Å². The number of rotatable bonds is 6. The lowest BCUT2D eigenvalue weighted by Gasteiger charge is -2.37. The number of hydrogen-bond donors (Lipinski definition) is 0. The molecule has 0 N–H and O–H groups in total. The molecule has 0 aromatic carbocycles. The first-order valence-corrected chi connectivity index (χ1v) is 5.17. The van der Waals surface area contributed by atoms with Crippen LogP contribution in [0.15, 0.2) is 0 Å². The van der Waals surface area contributed by atoms with Gasteiger partial charge in [0.15, 0.2) is 0 Å². The summed E-state index contributed by atoms with van der Waals surface area (Å²) in [5.74, 6) is -0.147. The van der Waals surface area contributed by atoms with E-state index >= 15 is 0 Å². The van der Waals surface area contributed by atoms with Crippen molar-refractivity contribution < 1.29 is 19.3 Å². The van der Waals surface area contributed by atoms with Crippen molar-refractivity contribution in [3.05, 3.63) is 0 Å². The molecule has 82 valence electrons. The third-order valence-corrected chi connectivity index (χ3v) is 2.56. The topological polar surface area (TPSA) is 44.8 Å². The molecule has 0 bridgehead atoms. The summed E-state index contributed by atoms with van der Waals surface area (Å²) in [6.45, 7) is 4.90. The molecule has 1 saturated carbocycles. The minimum absolute atomic E-state index is 0.147. The second kappa shape index (κ2) is 5.32. The van der Waals surface area contributed by atoms with E-state index in [1.807, 2.05) is 13.8 Å². The predicted molar refractivity (Wildman–Crippen MR) is 50.5 cm³/mol. The van der Waals surface area contributed by atoms with Crippen LogP contribution in [0.3, 0.4) is 0 Å². The van der Waals surface area contributed by atoms with Crippen LogP contribution in [0.2, 0.25) is 0 Å². The highest BCUT2D eigenvalue weighted by Gasteiger charge is 2.46. The zero-order valence-corrected chi connectivity index (χ0v) is 8.88. The van der Waals surface area contributed by atoms with Gasteiger partial charge in [-0.25, -0.2) is 9.78 Å². The molecule has 0 atom stereocenters. The van der Waals surface area contributed by atoms with Crippen molar-refractivity contribution >= 4 is 5.97 Å². The largest absolute Gasteiger partial charge is 0.465 e. The first kappa shape index (κ1) is 11.5. The Balaban J connectivity index is 2.36. The van der Waals surface area contributed by atoms with Crippen molar-refractivity contribution in [3.8, 4) is 0 Å². The third kappa shape index (κ3) is 2.45. The van der Waals surface area contributed by atoms with Gasteiger partial charge in [0.1, 0.15) is 0 Å². The lowest BCUT2D eigenvalue weighted by Crippen LogP contribution is -2.43. The summed E-state index contributed by atoms with van der Waals surface area (Å²) in [6, 6.07) is 0. The number of ether oxygens (including phenoxy) is 1. The average molecular weight is 202 g/mol. The average Bonchev–Trinajstić information content (AvgIpc) is 2.10. The highest BCUT2D eigenvalue weighted by molar-refractivity contribution is 5.78. The fraction of sp³-hybridized carbons (Fsp3) is 0.900. The Morgan fingerprint density at radius 1 is 1.21 bits per heavy atom. The molecule has 0 spiro atoms. The number of esters is 1. The fourth-order valence-electron chi connectivity index (χ4n) is 1.53. The van der Waals surface area contributed by atoms with Gasteiger partial charge < -0.3 is 4.74 Å². The summed E-state index contributed by atoms with van der Waals surface area (Å²) in [4.78, 5) is 21.3. The van der Waals surface area contributed by atoms with Crippen molar-refractivity contribution in [2.24, 2.45) is 5.41 Å². The maximum absolute atomic E-state index is 11.6. The van der Waals surface area contributed by atoms with Gasteiger partial charge in [0.2, 0.25) is 0 Å². The van der Waals surface area contributed by atoms with Crippen LogP contribution in [0, 0.1) is 5.41 Å². The summed E-state index contributed by atoms with van der Waals surface area (Å²) in [6.07, 6.45) is 2.76. The van der Waals surface area contributed by atoms with Gasteiger partial charge in [-0.15, -0.1) is 0 Å². The van der Waals surface area contributed by atoms with E-state index in [9.17, 15) is 4.79 Å². The van der Waals surface area contributed by atoms with Crippen molar-refractivity contribution in [2.45, 2.75) is 33.1 Å². The first-order valence-electron chi connectivity index (χ1n) is 5.17. The number of carbonyl (C=O) groups is 1. The smallest absolute Gasteiger partial charge is 0.314 e. The minimum Gasteiger partial charge on any atom is -0.465 e. The molecule has 0 aliphatic heterocycles. The van der Waals surface area contributed by atoms with Gasteiger partial charge in [-0.05, 0) is 26.7 Å². The van der Waals surface area contributed by atoms with Crippen molar-refractivity contribution in [3.63, 3.8) is 0 Å². The van der Waals surface area contributed by atoms with E-state index < -0.39 is 5.41 Å². The Kier molecular flexibility index (Phi) is 4.35. The lowest BCUT2D eigenvalue weighted by atomic mass is 9.69. The molecule has 0 amide bonds. The van der Waals surface area contributed by atoms with Crippen LogP contribution < -0.4 is 0 Å². The quantitative estimate of drug-likeness (QED) is 0.284. The normalized spacial score (nSPS) is 18.7. The van der Waals surface area contributed by atoms with E-state index in [0.717, 1.165) is 19.3 Å². The molecule has 0 aromatic rings. The summed E-state index contributed by atoms with van der Waals surface area (Å²) in [5, 5.41) is 0. The summed E-state index contributed by atoms with van der Waals surface area (Å²) in [5.41, 5.74) is -0.425. The molecule has 0 saturated heterocycles. The molecule has 4 heteroatoms. The van der Waals surface area contributed by atoms with E-state index in [0.29, 0.717) is 19.8 Å². The van der Waals surface area contributed by atoms with E-state index in [4.69, 9.17) is 14.5 Å². The molecule has 0 heterocycles. The molecule has 1 aliphatic carbocycles. The Morgan fingerprint density at radius 3 is 2.36 bits per heavy atom. The van der Waals surface area contributed by atoms with E-state index in [2.05, 4.69) is 0 Å². The molecular weight excluding hydrogens is 184 g/mol. The van der Waals surface area contributed by atoms with Crippen molar-refractivity contribution in [1.29, 1.82) is 0 Å². The molecule has 1 rings (SSSR count). The van der Waals surface area contributed by atoms with Crippen LogP contribution in [-0.2, 0) is 19.3 Å². The molecule has 1 fully saturated rings. The first-order chi connectivity index (χ1) is 6.75. The summed E-state index contributed by atoms with van der Waals surface area (Å²) >= 11 is 0. The Bertz CT molecular complexity index is 187. The maximum Gasteiger partial charge on any atom is 0.314 e. The molecule has 4 nitrogen and oxygen atoms in total. The van der Waals surface area contributed by atoms with Crippen molar-refractivity contribution in [1.82, 2.24) is 0 Å². The van der Waals surface area contributed by atoms with Gasteiger partial charge >= 0.3 is 5.97 Å². The van der Waals surface area contributed by atoms with Gasteiger partial charge in [0.25, 0.3) is 0 Å². The number of hydrogen-bond acceptors (Lipinski definition) is 4. The van der Waals surface area contributed by atoms with Gasteiger partial charge in [-0.2, -0.15) is 0 Å². The molecule has 1 aliphatic rings. The van der Waals surface area contributed by atoms with Gasteiger partial charge in [-0.1, -0.05) is 6.42 Å². The van der Waals surface area contributed by atoms with Crippen LogP contribution in [-0.4, -0.2) is 25.8 Å². The molecule has 0 radical (unpaired) electrons. The molecule has 0 unspecified atom stereocenters. The Morgan fingerprint density at radius 2 is 1.93 bits per heavy atom. The summed E-state index contributed by atoms with van der Waals surface area (Å²) in [7, 11) is 0. The molecule has 0 aromatic heterocycles. The Labute approximate surface area is 84.4 Å². The van der Waals surface area contributed by atoms with Gasteiger partial charge in [0, 0.05) is 0 Å². The van der Waals surface area contributed by atoms with Gasteiger partial charge in [0.05, 0.1) is 25.2 Å². The van der Waals surface area contributed by atoms with Crippen LogP contribution in [0.1, 0.15) is 33.1 Å². The zero-order valence-electron chi connectivity index (χ0n) is 8.88. The SMILES string of the molecule is CCOOCC1(C(=O)OCC)CCC1.